The fourth-order valence-corrected chi connectivity index (χ4v) is 1.18. The van der Waals surface area contributed by atoms with Gasteiger partial charge in [-0.3, -0.25) is 0 Å². The quantitative estimate of drug-likeness (QED) is 0.688. The lowest BCUT2D eigenvalue weighted by Crippen LogP contribution is -2.21. The van der Waals surface area contributed by atoms with Crippen molar-refractivity contribution < 1.29 is 4.39 Å². The lowest BCUT2D eigenvalue weighted by molar-refractivity contribution is 0.568. The van der Waals surface area contributed by atoms with Crippen molar-refractivity contribution >= 4 is 5.82 Å². The topological polar surface area (TPSA) is 16.1 Å². The van der Waals surface area contributed by atoms with Crippen LogP contribution >= 0.6 is 0 Å². The zero-order chi connectivity index (χ0) is 10.6. The molecule has 2 nitrogen and oxygen atoms in total. The first-order valence-corrected chi connectivity index (χ1v) is 4.93. The summed E-state index contributed by atoms with van der Waals surface area (Å²) in [5.74, 6) is 0.940. The summed E-state index contributed by atoms with van der Waals surface area (Å²) in [6.07, 6.45) is 1.09. The van der Waals surface area contributed by atoms with E-state index in [-0.39, 0.29) is 0 Å². The second-order valence-electron chi connectivity index (χ2n) is 3.92. The second-order valence-corrected chi connectivity index (χ2v) is 3.92. The average molecular weight is 196 g/mol. The van der Waals surface area contributed by atoms with Gasteiger partial charge in [-0.2, -0.15) is 4.39 Å². The molecule has 0 saturated carbocycles. The maximum absolute atomic E-state index is 12.8. The van der Waals surface area contributed by atoms with Crippen LogP contribution in [0.2, 0.25) is 0 Å². The molecule has 0 radical (unpaired) electrons. The Morgan fingerprint density at radius 2 is 2.14 bits per heavy atom. The first kappa shape index (κ1) is 11.0. The molecule has 0 aliphatic rings. The van der Waals surface area contributed by atoms with Crippen molar-refractivity contribution in [2.45, 2.75) is 20.3 Å². The van der Waals surface area contributed by atoms with E-state index < -0.39 is 5.95 Å². The minimum Gasteiger partial charge on any atom is -0.360 e. The molecule has 1 aromatic rings. The van der Waals surface area contributed by atoms with E-state index in [0.717, 1.165) is 13.0 Å². The average Bonchev–Trinajstić information content (AvgIpc) is 2.14. The van der Waals surface area contributed by atoms with Crippen LogP contribution in [0.3, 0.4) is 0 Å². The Morgan fingerprint density at radius 3 is 2.71 bits per heavy atom. The Hall–Kier alpha value is -1.12. The minimum atomic E-state index is -0.418. The van der Waals surface area contributed by atoms with Crippen LogP contribution in [0.4, 0.5) is 10.2 Å². The summed E-state index contributed by atoms with van der Waals surface area (Å²) < 4.78 is 12.8. The molecule has 0 bridgehead atoms. The molecule has 1 aromatic heterocycles. The van der Waals surface area contributed by atoms with E-state index in [1.165, 1.54) is 6.07 Å². The monoisotopic (exact) mass is 196 g/mol. The number of hydrogen-bond donors (Lipinski definition) is 0. The Balaban J connectivity index is 2.56. The number of halogens is 1. The molecule has 1 heterocycles. The summed E-state index contributed by atoms with van der Waals surface area (Å²) in [6.45, 7) is 5.26. The summed E-state index contributed by atoms with van der Waals surface area (Å²) in [5, 5.41) is 0. The molecule has 0 atom stereocenters. The number of rotatable bonds is 4. The molecule has 0 aromatic carbocycles. The fourth-order valence-electron chi connectivity index (χ4n) is 1.18. The maximum atomic E-state index is 12.8. The molecule has 3 heteroatoms. The van der Waals surface area contributed by atoms with Gasteiger partial charge in [0.15, 0.2) is 0 Å². The fraction of sp³-hybridized carbons (Fsp3) is 0.545. The van der Waals surface area contributed by atoms with Crippen molar-refractivity contribution in [3.8, 4) is 0 Å². The number of pyridine rings is 1. The highest BCUT2D eigenvalue weighted by molar-refractivity contribution is 5.36. The van der Waals surface area contributed by atoms with E-state index in [0.29, 0.717) is 11.7 Å². The molecular weight excluding hydrogens is 179 g/mol. The number of aromatic nitrogens is 1. The molecular formula is C11H17FN2. The van der Waals surface area contributed by atoms with Crippen LogP contribution in [-0.2, 0) is 0 Å². The summed E-state index contributed by atoms with van der Waals surface area (Å²) >= 11 is 0. The van der Waals surface area contributed by atoms with Crippen LogP contribution in [-0.4, -0.2) is 18.6 Å². The minimum absolute atomic E-state index is 0.418. The SMILES string of the molecule is CC(C)CCN(C)c1cccc(F)n1. The van der Waals surface area contributed by atoms with E-state index in [1.807, 2.05) is 18.0 Å². The van der Waals surface area contributed by atoms with Crippen molar-refractivity contribution in [3.63, 3.8) is 0 Å². The lowest BCUT2D eigenvalue weighted by Gasteiger charge is -2.18. The van der Waals surface area contributed by atoms with Gasteiger partial charge in [0.1, 0.15) is 5.82 Å². The van der Waals surface area contributed by atoms with Gasteiger partial charge in [-0.15, -0.1) is 0 Å². The Bertz CT molecular complexity index is 286. The molecule has 0 aliphatic carbocycles. The van der Waals surface area contributed by atoms with Gasteiger partial charge in [-0.05, 0) is 24.5 Å². The highest BCUT2D eigenvalue weighted by Gasteiger charge is 2.03. The van der Waals surface area contributed by atoms with E-state index in [2.05, 4.69) is 18.8 Å². The number of anilines is 1. The Kier molecular flexibility index (Phi) is 3.86. The normalized spacial score (nSPS) is 10.6. The predicted octanol–water partition coefficient (Wildman–Crippen LogP) is 2.70. The first-order chi connectivity index (χ1) is 6.59. The molecule has 78 valence electrons. The third-order valence-electron chi connectivity index (χ3n) is 2.13. The van der Waals surface area contributed by atoms with Crippen molar-refractivity contribution in [2.75, 3.05) is 18.5 Å². The molecule has 0 unspecified atom stereocenters. The summed E-state index contributed by atoms with van der Waals surface area (Å²) in [4.78, 5) is 5.79. The predicted molar refractivity (Wildman–Crippen MR) is 56.9 cm³/mol. The molecule has 1 rings (SSSR count). The van der Waals surface area contributed by atoms with Gasteiger partial charge < -0.3 is 4.90 Å². The van der Waals surface area contributed by atoms with Crippen LogP contribution in [0.1, 0.15) is 20.3 Å². The number of hydrogen-bond acceptors (Lipinski definition) is 2. The van der Waals surface area contributed by atoms with Crippen LogP contribution in [0.25, 0.3) is 0 Å². The van der Waals surface area contributed by atoms with Crippen LogP contribution < -0.4 is 4.90 Å². The van der Waals surface area contributed by atoms with Crippen molar-refractivity contribution in [2.24, 2.45) is 5.92 Å². The van der Waals surface area contributed by atoms with Gasteiger partial charge >= 0.3 is 0 Å². The van der Waals surface area contributed by atoms with Crippen LogP contribution in [0.5, 0.6) is 0 Å². The second kappa shape index (κ2) is 4.94. The van der Waals surface area contributed by atoms with Gasteiger partial charge in [-0.25, -0.2) is 4.98 Å². The molecule has 0 N–H and O–H groups in total. The Labute approximate surface area is 84.8 Å². The Morgan fingerprint density at radius 1 is 1.43 bits per heavy atom. The molecule has 0 aliphatic heterocycles. The first-order valence-electron chi connectivity index (χ1n) is 4.93. The summed E-state index contributed by atoms with van der Waals surface area (Å²) in [7, 11) is 1.93. The zero-order valence-corrected chi connectivity index (χ0v) is 9.00. The number of nitrogens with zero attached hydrogens (tertiary/aromatic N) is 2. The van der Waals surface area contributed by atoms with Crippen molar-refractivity contribution in [1.82, 2.24) is 4.98 Å². The zero-order valence-electron chi connectivity index (χ0n) is 9.00. The molecule has 0 fully saturated rings. The van der Waals surface area contributed by atoms with Gasteiger partial charge in [-0.1, -0.05) is 19.9 Å². The highest BCUT2D eigenvalue weighted by atomic mass is 19.1. The third kappa shape index (κ3) is 3.32. The largest absolute Gasteiger partial charge is 0.360 e. The van der Waals surface area contributed by atoms with E-state index in [9.17, 15) is 4.39 Å². The van der Waals surface area contributed by atoms with Gasteiger partial charge in [0.2, 0.25) is 5.95 Å². The maximum Gasteiger partial charge on any atom is 0.214 e. The third-order valence-corrected chi connectivity index (χ3v) is 2.13. The van der Waals surface area contributed by atoms with Gasteiger partial charge in [0.25, 0.3) is 0 Å². The standard InChI is InChI=1S/C11H17FN2/c1-9(2)7-8-14(3)11-6-4-5-10(12)13-11/h4-6,9H,7-8H2,1-3H3. The summed E-state index contributed by atoms with van der Waals surface area (Å²) in [5.41, 5.74) is 0. The highest BCUT2D eigenvalue weighted by Crippen LogP contribution is 2.10. The van der Waals surface area contributed by atoms with Crippen LogP contribution in [0, 0.1) is 11.9 Å². The van der Waals surface area contributed by atoms with Crippen molar-refractivity contribution in [3.05, 3.63) is 24.1 Å². The summed E-state index contributed by atoms with van der Waals surface area (Å²) in [6, 6.07) is 4.87. The van der Waals surface area contributed by atoms with E-state index in [4.69, 9.17) is 0 Å². The lowest BCUT2D eigenvalue weighted by atomic mass is 10.1. The van der Waals surface area contributed by atoms with E-state index in [1.54, 1.807) is 6.07 Å². The van der Waals surface area contributed by atoms with E-state index >= 15 is 0 Å². The van der Waals surface area contributed by atoms with Crippen molar-refractivity contribution in [1.29, 1.82) is 0 Å². The molecule has 0 amide bonds. The molecule has 0 spiro atoms. The molecule has 14 heavy (non-hydrogen) atoms. The van der Waals surface area contributed by atoms with Gasteiger partial charge in [0.05, 0.1) is 0 Å². The smallest absolute Gasteiger partial charge is 0.214 e. The van der Waals surface area contributed by atoms with Crippen LogP contribution in [0.15, 0.2) is 18.2 Å². The molecule has 0 saturated heterocycles. The van der Waals surface area contributed by atoms with Gasteiger partial charge in [0, 0.05) is 13.6 Å².